The standard InChI is InChI=1S/C21H24ClN3O3S/c1-3-24(4-2)15-6-8-16(9-7-15)25-13-17(28-21(25)27)12-23-20(26)18-11-14(22)5-10-19(18)29/h5-11,17,29H,3-4,12-13H2,1-2H3,(H,23,26)/t17-/m0/s1. The van der Waals surface area contributed by atoms with E-state index in [9.17, 15) is 9.59 Å². The van der Waals surface area contributed by atoms with Crippen molar-refractivity contribution in [2.45, 2.75) is 24.8 Å². The van der Waals surface area contributed by atoms with Gasteiger partial charge in [-0.2, -0.15) is 0 Å². The number of benzene rings is 2. The average Bonchev–Trinajstić information content (AvgIpc) is 3.10. The van der Waals surface area contributed by atoms with Crippen LogP contribution in [-0.4, -0.2) is 44.3 Å². The van der Waals surface area contributed by atoms with E-state index in [0.717, 1.165) is 24.5 Å². The van der Waals surface area contributed by atoms with Gasteiger partial charge in [-0.1, -0.05) is 11.6 Å². The summed E-state index contributed by atoms with van der Waals surface area (Å²) in [5.74, 6) is -0.310. The Balaban J connectivity index is 1.60. The number of amides is 2. The van der Waals surface area contributed by atoms with Crippen LogP contribution in [0.15, 0.2) is 47.4 Å². The molecule has 0 radical (unpaired) electrons. The van der Waals surface area contributed by atoms with Crippen molar-refractivity contribution in [3.8, 4) is 0 Å². The Morgan fingerprint density at radius 1 is 1.24 bits per heavy atom. The smallest absolute Gasteiger partial charge is 0.414 e. The molecule has 2 aromatic carbocycles. The molecule has 0 saturated carbocycles. The lowest BCUT2D eigenvalue weighted by Crippen LogP contribution is -2.34. The van der Waals surface area contributed by atoms with E-state index in [0.29, 0.717) is 22.0 Å². The molecule has 6 nitrogen and oxygen atoms in total. The summed E-state index contributed by atoms with van der Waals surface area (Å²) in [4.78, 5) is 29.0. The second-order valence-electron chi connectivity index (χ2n) is 6.68. The minimum atomic E-state index is -0.434. The number of anilines is 2. The van der Waals surface area contributed by atoms with E-state index in [1.165, 1.54) is 0 Å². The molecule has 1 atom stereocenters. The first-order valence-electron chi connectivity index (χ1n) is 9.52. The highest BCUT2D eigenvalue weighted by molar-refractivity contribution is 7.80. The summed E-state index contributed by atoms with van der Waals surface area (Å²) in [5.41, 5.74) is 2.26. The van der Waals surface area contributed by atoms with Gasteiger partial charge < -0.3 is 15.0 Å². The normalized spacial score (nSPS) is 15.9. The third-order valence-corrected chi connectivity index (χ3v) is 5.48. The number of nitrogens with zero attached hydrogens (tertiary/aromatic N) is 2. The first-order chi connectivity index (χ1) is 13.9. The van der Waals surface area contributed by atoms with Crippen molar-refractivity contribution in [3.05, 3.63) is 53.1 Å². The number of hydrogen-bond donors (Lipinski definition) is 2. The number of hydrogen-bond acceptors (Lipinski definition) is 5. The van der Waals surface area contributed by atoms with Crippen LogP contribution < -0.4 is 15.1 Å². The Morgan fingerprint density at radius 2 is 1.93 bits per heavy atom. The fraction of sp³-hybridized carbons (Fsp3) is 0.333. The van der Waals surface area contributed by atoms with Gasteiger partial charge in [-0.15, -0.1) is 12.6 Å². The van der Waals surface area contributed by atoms with Crippen molar-refractivity contribution in [1.29, 1.82) is 0 Å². The Morgan fingerprint density at radius 3 is 2.59 bits per heavy atom. The zero-order chi connectivity index (χ0) is 21.0. The van der Waals surface area contributed by atoms with E-state index in [1.54, 1.807) is 23.1 Å². The molecule has 0 aliphatic carbocycles. The number of thiol groups is 1. The van der Waals surface area contributed by atoms with Gasteiger partial charge in [-0.3, -0.25) is 9.69 Å². The van der Waals surface area contributed by atoms with Crippen LogP contribution in [0.5, 0.6) is 0 Å². The summed E-state index contributed by atoms with van der Waals surface area (Å²) in [6, 6.07) is 12.7. The second kappa shape index (κ2) is 9.41. The summed E-state index contributed by atoms with van der Waals surface area (Å²) < 4.78 is 5.41. The van der Waals surface area contributed by atoms with E-state index < -0.39 is 12.2 Å². The quantitative estimate of drug-likeness (QED) is 0.641. The summed E-state index contributed by atoms with van der Waals surface area (Å²) in [7, 11) is 0. The first kappa shape index (κ1) is 21.3. The summed E-state index contributed by atoms with van der Waals surface area (Å²) in [6.07, 6.45) is -0.853. The molecular weight excluding hydrogens is 410 g/mol. The van der Waals surface area contributed by atoms with Gasteiger partial charge in [-0.25, -0.2) is 4.79 Å². The Kier molecular flexibility index (Phi) is 6.92. The largest absolute Gasteiger partial charge is 0.442 e. The molecule has 1 aliphatic rings. The van der Waals surface area contributed by atoms with Crippen LogP contribution in [0.4, 0.5) is 16.2 Å². The van der Waals surface area contributed by atoms with Crippen LogP contribution in [0.3, 0.4) is 0 Å². The molecule has 2 aromatic rings. The van der Waals surface area contributed by atoms with E-state index in [2.05, 4.69) is 36.7 Å². The first-order valence-corrected chi connectivity index (χ1v) is 10.3. The molecule has 3 rings (SSSR count). The van der Waals surface area contributed by atoms with E-state index in [4.69, 9.17) is 16.3 Å². The predicted molar refractivity (Wildman–Crippen MR) is 119 cm³/mol. The number of cyclic esters (lactones) is 1. The molecule has 0 spiro atoms. The predicted octanol–water partition coefficient (Wildman–Crippen LogP) is 4.23. The fourth-order valence-electron chi connectivity index (χ4n) is 3.26. The number of rotatable bonds is 7. The van der Waals surface area contributed by atoms with Crippen molar-refractivity contribution >= 4 is 47.6 Å². The molecule has 0 bridgehead atoms. The molecule has 1 aliphatic heterocycles. The minimum Gasteiger partial charge on any atom is -0.442 e. The highest BCUT2D eigenvalue weighted by Gasteiger charge is 2.32. The Labute approximate surface area is 181 Å². The van der Waals surface area contributed by atoms with E-state index in [1.807, 2.05) is 24.3 Å². The molecule has 29 heavy (non-hydrogen) atoms. The monoisotopic (exact) mass is 433 g/mol. The lowest BCUT2D eigenvalue weighted by atomic mass is 10.2. The van der Waals surface area contributed by atoms with Crippen LogP contribution in [0.1, 0.15) is 24.2 Å². The average molecular weight is 434 g/mol. The highest BCUT2D eigenvalue weighted by Crippen LogP contribution is 2.25. The summed E-state index contributed by atoms with van der Waals surface area (Å²) in [5, 5.41) is 3.24. The van der Waals surface area contributed by atoms with Crippen LogP contribution >= 0.6 is 24.2 Å². The molecule has 1 saturated heterocycles. The fourth-order valence-corrected chi connectivity index (χ4v) is 3.68. The summed E-state index contributed by atoms with van der Waals surface area (Å²) in [6.45, 7) is 6.63. The van der Waals surface area contributed by atoms with Crippen molar-refractivity contribution in [2.75, 3.05) is 36.0 Å². The molecule has 2 amide bonds. The topological polar surface area (TPSA) is 61.9 Å². The number of halogens is 1. The molecule has 154 valence electrons. The Bertz CT molecular complexity index is 887. The number of carbonyl (C=O) groups excluding carboxylic acids is 2. The number of ether oxygens (including phenoxy) is 1. The molecular formula is C21H24ClN3O3S. The van der Waals surface area contributed by atoms with Gasteiger partial charge in [-0.05, 0) is 56.3 Å². The lowest BCUT2D eigenvalue weighted by molar-refractivity contribution is 0.0913. The van der Waals surface area contributed by atoms with Crippen LogP contribution in [-0.2, 0) is 4.74 Å². The third-order valence-electron chi connectivity index (χ3n) is 4.86. The van der Waals surface area contributed by atoms with Gasteiger partial charge in [0.15, 0.2) is 0 Å². The van der Waals surface area contributed by atoms with Crippen molar-refractivity contribution in [1.82, 2.24) is 5.32 Å². The minimum absolute atomic E-state index is 0.207. The van der Waals surface area contributed by atoms with Crippen LogP contribution in [0.25, 0.3) is 0 Å². The van der Waals surface area contributed by atoms with Gasteiger partial charge >= 0.3 is 6.09 Å². The maximum absolute atomic E-state index is 12.4. The molecule has 8 heteroatoms. The second-order valence-corrected chi connectivity index (χ2v) is 7.59. The molecule has 0 aromatic heterocycles. The maximum Gasteiger partial charge on any atom is 0.414 e. The van der Waals surface area contributed by atoms with E-state index in [-0.39, 0.29) is 12.5 Å². The Hall–Kier alpha value is -2.38. The highest BCUT2D eigenvalue weighted by atomic mass is 35.5. The molecule has 1 fully saturated rings. The third kappa shape index (κ3) is 4.97. The van der Waals surface area contributed by atoms with E-state index >= 15 is 0 Å². The zero-order valence-corrected chi connectivity index (χ0v) is 18.0. The molecule has 1 heterocycles. The molecule has 0 unspecified atom stereocenters. The van der Waals surface area contributed by atoms with Gasteiger partial charge in [0.1, 0.15) is 6.10 Å². The molecule has 1 N–H and O–H groups in total. The maximum atomic E-state index is 12.4. The van der Waals surface area contributed by atoms with Crippen molar-refractivity contribution in [2.24, 2.45) is 0 Å². The lowest BCUT2D eigenvalue weighted by Gasteiger charge is -2.22. The van der Waals surface area contributed by atoms with Gasteiger partial charge in [0, 0.05) is 34.4 Å². The SMILES string of the molecule is CCN(CC)c1ccc(N2C[C@H](CNC(=O)c3cc(Cl)ccc3S)OC2=O)cc1. The van der Waals surface area contributed by atoms with Gasteiger partial charge in [0.25, 0.3) is 5.91 Å². The number of nitrogens with one attached hydrogen (secondary N) is 1. The summed E-state index contributed by atoms with van der Waals surface area (Å²) >= 11 is 10.2. The van der Waals surface area contributed by atoms with Crippen molar-refractivity contribution in [3.63, 3.8) is 0 Å². The van der Waals surface area contributed by atoms with Crippen LogP contribution in [0, 0.1) is 0 Å². The van der Waals surface area contributed by atoms with Gasteiger partial charge in [0.05, 0.1) is 18.7 Å². The zero-order valence-electron chi connectivity index (χ0n) is 16.4. The van der Waals surface area contributed by atoms with Crippen molar-refractivity contribution < 1.29 is 14.3 Å². The van der Waals surface area contributed by atoms with Crippen LogP contribution in [0.2, 0.25) is 5.02 Å². The van der Waals surface area contributed by atoms with Gasteiger partial charge in [0.2, 0.25) is 0 Å². The number of carbonyl (C=O) groups is 2.